The van der Waals surface area contributed by atoms with Crippen LogP contribution in [0.15, 0.2) is 18.2 Å². The molecule has 0 amide bonds. The summed E-state index contributed by atoms with van der Waals surface area (Å²) >= 11 is 0. The predicted molar refractivity (Wildman–Crippen MR) is 53.2 cm³/mol. The van der Waals surface area contributed by atoms with E-state index in [1.165, 1.54) is 25.2 Å². The Morgan fingerprint density at radius 3 is 2.50 bits per heavy atom. The van der Waals surface area contributed by atoms with Crippen LogP contribution < -0.4 is 5.73 Å². The summed E-state index contributed by atoms with van der Waals surface area (Å²) in [6, 6.07) is 4.09. The molecule has 6 heteroatoms. The zero-order chi connectivity index (χ0) is 12.3. The first-order valence-corrected chi connectivity index (χ1v) is 4.58. The van der Waals surface area contributed by atoms with Gasteiger partial charge < -0.3 is 5.73 Å². The number of nitrogen functional groups attached to an aromatic ring is 1. The summed E-state index contributed by atoms with van der Waals surface area (Å²) in [6.45, 7) is -1.09. The predicted octanol–water partition coefficient (Wildman–Crippen LogP) is 2.40. The average molecular weight is 236 g/mol. The Hall–Kier alpha value is -1.30. The molecule has 0 atom stereocenters. The van der Waals surface area contributed by atoms with Crippen molar-refractivity contribution in [1.82, 2.24) is 4.90 Å². The molecule has 0 saturated heterocycles. The SMILES string of the molecule is CN(Cc1cccc(F)c1N)CC(F)(F)F. The lowest BCUT2D eigenvalue weighted by Gasteiger charge is -2.19. The van der Waals surface area contributed by atoms with Crippen LogP contribution in [-0.2, 0) is 6.54 Å². The summed E-state index contributed by atoms with van der Waals surface area (Å²) in [5, 5.41) is 0. The van der Waals surface area contributed by atoms with E-state index >= 15 is 0 Å². The molecule has 0 heterocycles. The Kier molecular flexibility index (Phi) is 3.74. The van der Waals surface area contributed by atoms with Crippen molar-refractivity contribution in [3.8, 4) is 0 Å². The molecule has 90 valence electrons. The fourth-order valence-corrected chi connectivity index (χ4v) is 1.37. The molecule has 1 aromatic carbocycles. The molecule has 0 spiro atoms. The van der Waals surface area contributed by atoms with Crippen LogP contribution in [0, 0.1) is 5.82 Å². The standard InChI is InChI=1S/C10H12F4N2/c1-16(6-10(12,13)14)5-7-3-2-4-8(11)9(7)15/h2-4H,5-6,15H2,1H3. The molecule has 2 N–H and O–H groups in total. The second kappa shape index (κ2) is 4.69. The summed E-state index contributed by atoms with van der Waals surface area (Å²) < 4.78 is 49.1. The molecule has 0 fully saturated rings. The molecule has 0 aliphatic rings. The third-order valence-electron chi connectivity index (χ3n) is 2.03. The molecule has 0 aromatic heterocycles. The Bertz CT molecular complexity index is 362. The summed E-state index contributed by atoms with van der Waals surface area (Å²) in [5.41, 5.74) is 5.66. The van der Waals surface area contributed by atoms with Gasteiger partial charge in [0.05, 0.1) is 12.2 Å². The molecule has 0 aliphatic heterocycles. The number of nitrogens with two attached hydrogens (primary N) is 1. The zero-order valence-electron chi connectivity index (χ0n) is 8.68. The number of benzene rings is 1. The third kappa shape index (κ3) is 3.69. The second-order valence-electron chi connectivity index (χ2n) is 3.60. The molecule has 1 aromatic rings. The highest BCUT2D eigenvalue weighted by Crippen LogP contribution is 2.20. The second-order valence-corrected chi connectivity index (χ2v) is 3.60. The number of anilines is 1. The van der Waals surface area contributed by atoms with Gasteiger partial charge >= 0.3 is 6.18 Å². The number of para-hydroxylation sites is 1. The third-order valence-corrected chi connectivity index (χ3v) is 2.03. The van der Waals surface area contributed by atoms with Gasteiger partial charge in [-0.05, 0) is 18.7 Å². The van der Waals surface area contributed by atoms with Gasteiger partial charge in [0.2, 0.25) is 0 Å². The van der Waals surface area contributed by atoms with Crippen molar-refractivity contribution in [3.05, 3.63) is 29.6 Å². The Morgan fingerprint density at radius 2 is 1.94 bits per heavy atom. The van der Waals surface area contributed by atoms with Gasteiger partial charge in [0.15, 0.2) is 0 Å². The monoisotopic (exact) mass is 236 g/mol. The Labute approximate surface area is 90.7 Å². The summed E-state index contributed by atoms with van der Waals surface area (Å²) in [7, 11) is 1.30. The molecule has 0 aliphatic carbocycles. The van der Waals surface area contributed by atoms with E-state index in [4.69, 9.17) is 5.73 Å². The first kappa shape index (κ1) is 12.8. The minimum Gasteiger partial charge on any atom is -0.396 e. The van der Waals surface area contributed by atoms with Crippen LogP contribution in [0.1, 0.15) is 5.56 Å². The van der Waals surface area contributed by atoms with Gasteiger partial charge in [-0.2, -0.15) is 13.2 Å². The number of nitrogens with zero attached hydrogens (tertiary/aromatic N) is 1. The van der Waals surface area contributed by atoms with Crippen molar-refractivity contribution >= 4 is 5.69 Å². The van der Waals surface area contributed by atoms with Gasteiger partial charge in [-0.15, -0.1) is 0 Å². The topological polar surface area (TPSA) is 29.3 Å². The quantitative estimate of drug-likeness (QED) is 0.645. The molecule has 16 heavy (non-hydrogen) atoms. The highest BCUT2D eigenvalue weighted by atomic mass is 19.4. The van der Waals surface area contributed by atoms with E-state index in [2.05, 4.69) is 0 Å². The lowest BCUT2D eigenvalue weighted by Crippen LogP contribution is -2.30. The van der Waals surface area contributed by atoms with Gasteiger partial charge in [0, 0.05) is 6.54 Å². The fraction of sp³-hybridized carbons (Fsp3) is 0.400. The van der Waals surface area contributed by atoms with E-state index in [0.717, 1.165) is 4.90 Å². The number of hydrogen-bond acceptors (Lipinski definition) is 2. The lowest BCUT2D eigenvalue weighted by molar-refractivity contribution is -0.144. The van der Waals surface area contributed by atoms with Gasteiger partial charge in [-0.3, -0.25) is 4.90 Å². The lowest BCUT2D eigenvalue weighted by atomic mass is 10.1. The summed E-state index contributed by atoms with van der Waals surface area (Å²) in [4.78, 5) is 1.03. The highest BCUT2D eigenvalue weighted by molar-refractivity contribution is 5.47. The minimum atomic E-state index is -4.27. The van der Waals surface area contributed by atoms with E-state index in [-0.39, 0.29) is 12.2 Å². The number of alkyl halides is 3. The number of hydrogen-bond donors (Lipinski definition) is 1. The normalized spacial score (nSPS) is 12.1. The van der Waals surface area contributed by atoms with Crippen LogP contribution in [0.25, 0.3) is 0 Å². The van der Waals surface area contributed by atoms with Crippen molar-refractivity contribution in [2.75, 3.05) is 19.3 Å². The van der Waals surface area contributed by atoms with E-state index in [9.17, 15) is 17.6 Å². The smallest absolute Gasteiger partial charge is 0.396 e. The van der Waals surface area contributed by atoms with Crippen molar-refractivity contribution in [3.63, 3.8) is 0 Å². The average Bonchev–Trinajstić information content (AvgIpc) is 2.09. The molecular formula is C10H12F4N2. The minimum absolute atomic E-state index is 0.0386. The first-order valence-electron chi connectivity index (χ1n) is 4.58. The maximum Gasteiger partial charge on any atom is 0.401 e. The van der Waals surface area contributed by atoms with Crippen LogP contribution in [-0.4, -0.2) is 24.7 Å². The van der Waals surface area contributed by atoms with Gasteiger partial charge in [0.1, 0.15) is 5.82 Å². The highest BCUT2D eigenvalue weighted by Gasteiger charge is 2.29. The maximum atomic E-state index is 13.0. The van der Waals surface area contributed by atoms with Crippen LogP contribution in [0.5, 0.6) is 0 Å². The summed E-state index contributed by atoms with van der Waals surface area (Å²) in [6.07, 6.45) is -4.27. The van der Waals surface area contributed by atoms with Crippen molar-refractivity contribution in [1.29, 1.82) is 0 Å². The summed E-state index contributed by atoms with van der Waals surface area (Å²) in [5.74, 6) is -0.613. The molecule has 2 nitrogen and oxygen atoms in total. The van der Waals surface area contributed by atoms with Gasteiger partial charge in [0.25, 0.3) is 0 Å². The van der Waals surface area contributed by atoms with Crippen LogP contribution in [0.4, 0.5) is 23.2 Å². The van der Waals surface area contributed by atoms with Crippen LogP contribution in [0.3, 0.4) is 0 Å². The molecule has 0 unspecified atom stereocenters. The molecule has 0 bridgehead atoms. The fourth-order valence-electron chi connectivity index (χ4n) is 1.37. The van der Waals surface area contributed by atoms with Gasteiger partial charge in [-0.1, -0.05) is 12.1 Å². The molecule has 0 saturated carbocycles. The van der Waals surface area contributed by atoms with Gasteiger partial charge in [-0.25, -0.2) is 4.39 Å². The Balaban J connectivity index is 2.70. The molecular weight excluding hydrogens is 224 g/mol. The molecule has 1 rings (SSSR count). The molecule has 0 radical (unpaired) electrons. The maximum absolute atomic E-state index is 13.0. The van der Waals surface area contributed by atoms with E-state index < -0.39 is 18.5 Å². The first-order chi connectivity index (χ1) is 7.29. The van der Waals surface area contributed by atoms with E-state index in [0.29, 0.717) is 5.56 Å². The van der Waals surface area contributed by atoms with Crippen molar-refractivity contribution < 1.29 is 17.6 Å². The van der Waals surface area contributed by atoms with E-state index in [1.54, 1.807) is 0 Å². The largest absolute Gasteiger partial charge is 0.401 e. The van der Waals surface area contributed by atoms with E-state index in [1.807, 2.05) is 0 Å². The van der Waals surface area contributed by atoms with Crippen molar-refractivity contribution in [2.24, 2.45) is 0 Å². The number of halogens is 4. The van der Waals surface area contributed by atoms with Crippen LogP contribution >= 0.6 is 0 Å². The number of rotatable bonds is 3. The van der Waals surface area contributed by atoms with Crippen LogP contribution in [0.2, 0.25) is 0 Å². The Morgan fingerprint density at radius 1 is 1.31 bits per heavy atom. The van der Waals surface area contributed by atoms with Crippen molar-refractivity contribution in [2.45, 2.75) is 12.7 Å². The zero-order valence-corrected chi connectivity index (χ0v) is 8.68.